The van der Waals surface area contributed by atoms with Crippen LogP contribution in [0.5, 0.6) is 0 Å². The highest BCUT2D eigenvalue weighted by atomic mass is 32.1. The summed E-state index contributed by atoms with van der Waals surface area (Å²) >= 11 is 1.87. The van der Waals surface area contributed by atoms with Gasteiger partial charge < -0.3 is 5.32 Å². The first-order valence-electron chi connectivity index (χ1n) is 6.36. The maximum Gasteiger partial charge on any atom is 0.0121 e. The standard InChI is InChI=1S/C14H23NS/c1-11(10-12-6-5-9-16-12)15-13-7-4-8-14(13,2)3/h5-6,9,11,13,15H,4,7-8,10H2,1-3H3. The fraction of sp³-hybridized carbons (Fsp3) is 0.714. The Labute approximate surface area is 103 Å². The van der Waals surface area contributed by atoms with Gasteiger partial charge in [-0.3, -0.25) is 0 Å². The lowest BCUT2D eigenvalue weighted by molar-refractivity contribution is 0.265. The maximum atomic E-state index is 3.81. The first kappa shape index (κ1) is 12.1. The molecule has 2 unspecified atom stereocenters. The monoisotopic (exact) mass is 237 g/mol. The van der Waals surface area contributed by atoms with Crippen molar-refractivity contribution in [2.45, 2.75) is 58.5 Å². The fourth-order valence-electron chi connectivity index (χ4n) is 2.77. The minimum atomic E-state index is 0.490. The van der Waals surface area contributed by atoms with Gasteiger partial charge in [-0.05, 0) is 43.0 Å². The Balaban J connectivity index is 1.85. The first-order valence-corrected chi connectivity index (χ1v) is 7.24. The molecule has 0 spiro atoms. The fourth-order valence-corrected chi connectivity index (χ4v) is 3.60. The van der Waals surface area contributed by atoms with Crippen LogP contribution >= 0.6 is 11.3 Å². The van der Waals surface area contributed by atoms with Crippen molar-refractivity contribution in [2.24, 2.45) is 5.41 Å². The van der Waals surface area contributed by atoms with E-state index >= 15 is 0 Å². The summed E-state index contributed by atoms with van der Waals surface area (Å²) < 4.78 is 0. The summed E-state index contributed by atoms with van der Waals surface area (Å²) in [6, 6.07) is 5.69. The van der Waals surface area contributed by atoms with Crippen LogP contribution in [0.15, 0.2) is 17.5 Å². The second kappa shape index (κ2) is 4.89. The zero-order chi connectivity index (χ0) is 11.6. The second-order valence-electron chi connectivity index (χ2n) is 5.78. The van der Waals surface area contributed by atoms with Gasteiger partial charge in [0.1, 0.15) is 0 Å². The molecule has 1 fully saturated rings. The van der Waals surface area contributed by atoms with Gasteiger partial charge in [0.15, 0.2) is 0 Å². The van der Waals surface area contributed by atoms with Gasteiger partial charge in [0, 0.05) is 17.0 Å². The smallest absolute Gasteiger partial charge is 0.0121 e. The number of thiophene rings is 1. The summed E-state index contributed by atoms with van der Waals surface area (Å²) in [4.78, 5) is 1.50. The SMILES string of the molecule is CC(Cc1cccs1)NC1CCCC1(C)C. The Bertz CT molecular complexity index is 315. The van der Waals surface area contributed by atoms with Crippen molar-refractivity contribution >= 4 is 11.3 Å². The van der Waals surface area contributed by atoms with E-state index in [9.17, 15) is 0 Å². The van der Waals surface area contributed by atoms with Gasteiger partial charge >= 0.3 is 0 Å². The third-order valence-corrected chi connectivity index (χ3v) is 4.73. The Morgan fingerprint density at radius 2 is 2.38 bits per heavy atom. The highest BCUT2D eigenvalue weighted by Crippen LogP contribution is 2.37. The Morgan fingerprint density at radius 1 is 1.56 bits per heavy atom. The lowest BCUT2D eigenvalue weighted by Gasteiger charge is -2.30. The van der Waals surface area contributed by atoms with Crippen LogP contribution < -0.4 is 5.32 Å². The van der Waals surface area contributed by atoms with Crippen LogP contribution in [0.2, 0.25) is 0 Å². The van der Waals surface area contributed by atoms with Crippen molar-refractivity contribution in [2.75, 3.05) is 0 Å². The van der Waals surface area contributed by atoms with E-state index in [1.54, 1.807) is 0 Å². The van der Waals surface area contributed by atoms with E-state index in [-0.39, 0.29) is 0 Å². The topological polar surface area (TPSA) is 12.0 Å². The molecule has 2 heteroatoms. The van der Waals surface area contributed by atoms with Gasteiger partial charge in [0.05, 0.1) is 0 Å². The molecule has 1 aromatic rings. The van der Waals surface area contributed by atoms with E-state index in [1.807, 2.05) is 11.3 Å². The van der Waals surface area contributed by atoms with E-state index < -0.39 is 0 Å². The molecule has 1 aliphatic carbocycles. The Kier molecular flexibility index (Phi) is 3.70. The Morgan fingerprint density at radius 3 is 2.94 bits per heavy atom. The number of hydrogen-bond acceptors (Lipinski definition) is 2. The highest BCUT2D eigenvalue weighted by molar-refractivity contribution is 7.09. The molecule has 1 saturated carbocycles. The van der Waals surface area contributed by atoms with Crippen LogP contribution in [-0.2, 0) is 6.42 Å². The predicted molar refractivity (Wildman–Crippen MR) is 72.0 cm³/mol. The van der Waals surface area contributed by atoms with E-state index in [4.69, 9.17) is 0 Å². The molecule has 2 rings (SSSR count). The van der Waals surface area contributed by atoms with E-state index in [2.05, 4.69) is 43.6 Å². The van der Waals surface area contributed by atoms with Crippen molar-refractivity contribution < 1.29 is 0 Å². The lowest BCUT2D eigenvalue weighted by atomic mass is 9.87. The third kappa shape index (κ3) is 2.86. The van der Waals surface area contributed by atoms with Gasteiger partial charge in [-0.2, -0.15) is 0 Å². The molecule has 1 aliphatic rings. The molecule has 0 bridgehead atoms. The highest BCUT2D eigenvalue weighted by Gasteiger charge is 2.34. The first-order chi connectivity index (χ1) is 7.58. The molecule has 0 saturated heterocycles. The molecule has 1 nitrogen and oxygen atoms in total. The third-order valence-electron chi connectivity index (χ3n) is 3.83. The summed E-state index contributed by atoms with van der Waals surface area (Å²) in [5, 5.41) is 5.98. The molecule has 1 N–H and O–H groups in total. The molecule has 0 aliphatic heterocycles. The van der Waals surface area contributed by atoms with E-state index in [1.165, 1.54) is 30.6 Å². The molecule has 1 heterocycles. The molecule has 0 radical (unpaired) electrons. The molecular formula is C14H23NS. The second-order valence-corrected chi connectivity index (χ2v) is 6.82. The largest absolute Gasteiger partial charge is 0.311 e. The normalized spacial score (nSPS) is 25.8. The minimum Gasteiger partial charge on any atom is -0.311 e. The molecule has 1 aromatic heterocycles. The number of hydrogen-bond donors (Lipinski definition) is 1. The van der Waals surface area contributed by atoms with Crippen LogP contribution in [0.25, 0.3) is 0 Å². The van der Waals surface area contributed by atoms with Crippen LogP contribution in [0.1, 0.15) is 44.9 Å². The van der Waals surface area contributed by atoms with Crippen LogP contribution in [0, 0.1) is 5.41 Å². The number of nitrogens with one attached hydrogen (secondary N) is 1. The van der Waals surface area contributed by atoms with Crippen LogP contribution in [-0.4, -0.2) is 12.1 Å². The van der Waals surface area contributed by atoms with Crippen molar-refractivity contribution in [1.29, 1.82) is 0 Å². The maximum absolute atomic E-state index is 3.81. The van der Waals surface area contributed by atoms with Crippen molar-refractivity contribution in [3.8, 4) is 0 Å². The van der Waals surface area contributed by atoms with Gasteiger partial charge in [0.25, 0.3) is 0 Å². The van der Waals surface area contributed by atoms with Gasteiger partial charge in [-0.15, -0.1) is 11.3 Å². The molecule has 0 aromatic carbocycles. The molecule has 16 heavy (non-hydrogen) atoms. The molecule has 0 amide bonds. The Hall–Kier alpha value is -0.340. The average molecular weight is 237 g/mol. The summed E-state index contributed by atoms with van der Waals surface area (Å²) in [5.41, 5.74) is 0.490. The van der Waals surface area contributed by atoms with E-state index in [0.29, 0.717) is 17.5 Å². The summed E-state index contributed by atoms with van der Waals surface area (Å²) in [6.45, 7) is 7.11. The van der Waals surface area contributed by atoms with Crippen molar-refractivity contribution in [3.05, 3.63) is 22.4 Å². The number of rotatable bonds is 4. The van der Waals surface area contributed by atoms with Gasteiger partial charge in [-0.25, -0.2) is 0 Å². The lowest BCUT2D eigenvalue weighted by Crippen LogP contribution is -2.43. The van der Waals surface area contributed by atoms with Gasteiger partial charge in [0.2, 0.25) is 0 Å². The molecular weight excluding hydrogens is 214 g/mol. The zero-order valence-electron chi connectivity index (χ0n) is 10.6. The van der Waals surface area contributed by atoms with Crippen molar-refractivity contribution in [3.63, 3.8) is 0 Å². The zero-order valence-corrected chi connectivity index (χ0v) is 11.4. The minimum absolute atomic E-state index is 0.490. The summed E-state index contributed by atoms with van der Waals surface area (Å²) in [6.07, 6.45) is 5.28. The van der Waals surface area contributed by atoms with E-state index in [0.717, 1.165) is 0 Å². The summed E-state index contributed by atoms with van der Waals surface area (Å²) in [5.74, 6) is 0. The summed E-state index contributed by atoms with van der Waals surface area (Å²) in [7, 11) is 0. The van der Waals surface area contributed by atoms with Crippen molar-refractivity contribution in [1.82, 2.24) is 5.32 Å². The predicted octanol–water partition coefficient (Wildman–Crippen LogP) is 3.85. The van der Waals surface area contributed by atoms with Crippen LogP contribution in [0.3, 0.4) is 0 Å². The molecule has 2 atom stereocenters. The molecule has 90 valence electrons. The van der Waals surface area contributed by atoms with Gasteiger partial charge in [-0.1, -0.05) is 26.3 Å². The quantitative estimate of drug-likeness (QED) is 0.839. The average Bonchev–Trinajstić information content (AvgIpc) is 2.78. The van der Waals surface area contributed by atoms with Crippen LogP contribution in [0.4, 0.5) is 0 Å².